The topological polar surface area (TPSA) is 125 Å². The predicted molar refractivity (Wildman–Crippen MR) is 131 cm³/mol. The van der Waals surface area contributed by atoms with Crippen molar-refractivity contribution in [2.24, 2.45) is 0 Å². The van der Waals surface area contributed by atoms with Crippen LogP contribution in [0, 0.1) is 0 Å². The maximum absolute atomic E-state index is 13.0. The molecule has 2 heterocycles. The summed E-state index contributed by atoms with van der Waals surface area (Å²) in [6, 6.07) is 15.8. The lowest BCUT2D eigenvalue weighted by molar-refractivity contribution is -0.136. The predicted octanol–water partition coefficient (Wildman–Crippen LogP) is 3.33. The van der Waals surface area contributed by atoms with Gasteiger partial charge in [0.2, 0.25) is 11.7 Å². The fourth-order valence-electron chi connectivity index (χ4n) is 4.41. The van der Waals surface area contributed by atoms with Crippen molar-refractivity contribution in [2.75, 3.05) is 12.0 Å². The van der Waals surface area contributed by atoms with E-state index in [0.29, 0.717) is 18.1 Å². The largest absolute Gasteiger partial charge is 0.464 e. The molecule has 0 fully saturated rings. The summed E-state index contributed by atoms with van der Waals surface area (Å²) in [7, 11) is 1.32. The molecular weight excluding hydrogens is 446 g/mol. The monoisotopic (exact) mass is 475 g/mol. The minimum atomic E-state index is -0.694. The number of rotatable bonds is 8. The first kappa shape index (κ1) is 23.9. The Morgan fingerprint density at radius 1 is 1.14 bits per heavy atom. The summed E-state index contributed by atoms with van der Waals surface area (Å²) < 4.78 is 5.12. The van der Waals surface area contributed by atoms with Crippen LogP contribution in [0.5, 0.6) is 0 Å². The van der Waals surface area contributed by atoms with E-state index in [4.69, 9.17) is 4.74 Å². The fourth-order valence-corrected chi connectivity index (χ4v) is 4.41. The fraction of sp³-hybridized carbons (Fsp3) is 0.320. The van der Waals surface area contributed by atoms with Crippen molar-refractivity contribution in [1.29, 1.82) is 0 Å². The number of benzene rings is 2. The van der Waals surface area contributed by atoms with Gasteiger partial charge in [0.1, 0.15) is 11.5 Å². The van der Waals surface area contributed by atoms with Crippen LogP contribution in [-0.2, 0) is 14.3 Å². The van der Waals surface area contributed by atoms with Crippen molar-refractivity contribution in [1.82, 2.24) is 31.3 Å². The van der Waals surface area contributed by atoms with Crippen molar-refractivity contribution in [3.8, 4) is 22.5 Å². The number of unbranched alkanes of at least 4 members (excludes halogenated alkanes) is 1. The molecule has 0 saturated heterocycles. The van der Waals surface area contributed by atoms with Gasteiger partial charge in [-0.2, -0.15) is 5.21 Å². The van der Waals surface area contributed by atoms with Crippen molar-refractivity contribution in [2.45, 2.75) is 45.7 Å². The lowest BCUT2D eigenvalue weighted by atomic mass is 9.96. The molecule has 4 rings (SSSR count). The molecule has 0 bridgehead atoms. The van der Waals surface area contributed by atoms with Crippen LogP contribution in [0.2, 0.25) is 0 Å². The van der Waals surface area contributed by atoms with Crippen LogP contribution in [0.3, 0.4) is 0 Å². The van der Waals surface area contributed by atoms with Crippen LogP contribution in [0.4, 0.5) is 5.69 Å². The number of nitrogens with zero attached hydrogens (tertiary/aromatic N) is 4. The van der Waals surface area contributed by atoms with Crippen LogP contribution in [0.1, 0.15) is 40.0 Å². The summed E-state index contributed by atoms with van der Waals surface area (Å²) in [6.07, 6.45) is 2.59. The minimum absolute atomic E-state index is 0.229. The van der Waals surface area contributed by atoms with E-state index in [1.807, 2.05) is 60.4 Å². The van der Waals surface area contributed by atoms with Gasteiger partial charge in [-0.1, -0.05) is 49.7 Å². The summed E-state index contributed by atoms with van der Waals surface area (Å²) in [6.45, 7) is 5.51. The van der Waals surface area contributed by atoms with E-state index >= 15 is 0 Å². The SMILES string of the molecule is CCCCC1(C)NC(NC(C)=O)=C(C(=O)OC)N1c1ccc(-c2ccccc2)c(-c2nn[nH]n2)c1. The van der Waals surface area contributed by atoms with E-state index in [1.54, 1.807) is 0 Å². The maximum atomic E-state index is 13.0. The van der Waals surface area contributed by atoms with E-state index in [1.165, 1.54) is 14.0 Å². The van der Waals surface area contributed by atoms with Crippen LogP contribution >= 0.6 is 0 Å². The Morgan fingerprint density at radius 3 is 2.54 bits per heavy atom. The Bertz CT molecular complexity index is 1240. The van der Waals surface area contributed by atoms with Gasteiger partial charge in [0, 0.05) is 18.2 Å². The number of aromatic nitrogens is 4. The third-order valence-electron chi connectivity index (χ3n) is 5.98. The average Bonchev–Trinajstić information content (AvgIpc) is 3.49. The molecule has 0 spiro atoms. The number of carbonyl (C=O) groups is 2. The minimum Gasteiger partial charge on any atom is -0.464 e. The van der Waals surface area contributed by atoms with E-state index in [2.05, 4.69) is 38.2 Å². The van der Waals surface area contributed by atoms with Gasteiger partial charge in [-0.15, -0.1) is 10.2 Å². The number of methoxy groups -OCH3 is 1. The smallest absolute Gasteiger partial charge is 0.358 e. The third kappa shape index (κ3) is 4.72. The number of hydrogen-bond acceptors (Lipinski definition) is 8. The first-order valence-electron chi connectivity index (χ1n) is 11.5. The number of amides is 1. The Balaban J connectivity index is 1.91. The van der Waals surface area contributed by atoms with E-state index in [9.17, 15) is 9.59 Å². The molecule has 1 unspecified atom stereocenters. The van der Waals surface area contributed by atoms with Gasteiger partial charge in [-0.05, 0) is 48.2 Å². The maximum Gasteiger partial charge on any atom is 0.358 e. The second kappa shape index (κ2) is 9.96. The first-order valence-corrected chi connectivity index (χ1v) is 11.5. The third-order valence-corrected chi connectivity index (χ3v) is 5.98. The number of nitrogens with one attached hydrogen (secondary N) is 3. The van der Waals surface area contributed by atoms with Crippen molar-refractivity contribution in [3.05, 3.63) is 60.0 Å². The molecule has 1 aliphatic heterocycles. The Labute approximate surface area is 203 Å². The van der Waals surface area contributed by atoms with Gasteiger partial charge in [0.25, 0.3) is 0 Å². The highest BCUT2D eigenvalue weighted by molar-refractivity contribution is 5.97. The van der Waals surface area contributed by atoms with Gasteiger partial charge in [0.15, 0.2) is 5.70 Å². The molecule has 10 heteroatoms. The number of carbonyl (C=O) groups excluding carboxylic acids is 2. The molecule has 3 aromatic rings. The molecule has 182 valence electrons. The van der Waals surface area contributed by atoms with Gasteiger partial charge < -0.3 is 20.3 Å². The number of tetrazole rings is 1. The summed E-state index contributed by atoms with van der Waals surface area (Å²) in [4.78, 5) is 26.8. The van der Waals surface area contributed by atoms with Crippen LogP contribution in [0.15, 0.2) is 60.0 Å². The van der Waals surface area contributed by atoms with Gasteiger partial charge in [-0.25, -0.2) is 4.79 Å². The molecule has 0 radical (unpaired) electrons. The number of aromatic amines is 1. The van der Waals surface area contributed by atoms with Gasteiger partial charge in [-0.3, -0.25) is 4.79 Å². The summed E-state index contributed by atoms with van der Waals surface area (Å²) in [5.41, 5.74) is 2.92. The zero-order valence-electron chi connectivity index (χ0n) is 20.3. The molecule has 3 N–H and O–H groups in total. The molecular formula is C25H29N7O3. The molecule has 10 nitrogen and oxygen atoms in total. The summed E-state index contributed by atoms with van der Waals surface area (Å²) in [5, 5.41) is 20.8. The summed E-state index contributed by atoms with van der Waals surface area (Å²) in [5.74, 6) is -0.106. The number of esters is 1. The second-order valence-electron chi connectivity index (χ2n) is 8.57. The van der Waals surface area contributed by atoms with Crippen LogP contribution in [0.25, 0.3) is 22.5 Å². The van der Waals surface area contributed by atoms with E-state index < -0.39 is 11.6 Å². The van der Waals surface area contributed by atoms with Crippen LogP contribution in [-0.4, -0.2) is 45.3 Å². The molecule has 2 aromatic carbocycles. The normalized spacial score (nSPS) is 17.3. The Kier molecular flexibility index (Phi) is 6.81. The number of ether oxygens (including phenoxy) is 1. The molecule has 0 aliphatic carbocycles. The number of H-pyrrole nitrogens is 1. The highest BCUT2D eigenvalue weighted by atomic mass is 16.5. The van der Waals surface area contributed by atoms with Gasteiger partial charge >= 0.3 is 5.97 Å². The highest BCUT2D eigenvalue weighted by Crippen LogP contribution is 2.40. The number of hydrogen-bond donors (Lipinski definition) is 3. The Hall–Kier alpha value is -4.21. The van der Waals surface area contributed by atoms with E-state index in [0.717, 1.165) is 35.2 Å². The van der Waals surface area contributed by atoms with Crippen molar-refractivity contribution < 1.29 is 14.3 Å². The molecule has 1 aromatic heterocycles. The summed E-state index contributed by atoms with van der Waals surface area (Å²) >= 11 is 0. The zero-order valence-corrected chi connectivity index (χ0v) is 20.3. The molecule has 1 aliphatic rings. The second-order valence-corrected chi connectivity index (χ2v) is 8.57. The van der Waals surface area contributed by atoms with E-state index in [-0.39, 0.29) is 11.6 Å². The number of anilines is 1. The molecule has 0 saturated carbocycles. The molecule has 35 heavy (non-hydrogen) atoms. The molecule has 1 amide bonds. The van der Waals surface area contributed by atoms with Crippen molar-refractivity contribution in [3.63, 3.8) is 0 Å². The Morgan fingerprint density at radius 2 is 1.91 bits per heavy atom. The zero-order chi connectivity index (χ0) is 25.0. The average molecular weight is 476 g/mol. The standard InChI is InChI=1S/C25H29N7O3/c1-5-6-14-25(3)27-23(26-16(2)33)21(24(34)35-4)32(25)18-12-13-19(17-10-8-7-9-11-17)20(15-18)22-28-30-31-29-22/h7-13,15,27H,5-6,14H2,1-4H3,(H,26,33)(H,28,29,30,31). The lowest BCUT2D eigenvalue weighted by Gasteiger charge is -2.38. The lowest BCUT2D eigenvalue weighted by Crippen LogP contribution is -2.52. The molecule has 1 atom stereocenters. The quantitative estimate of drug-likeness (QED) is 0.424. The van der Waals surface area contributed by atoms with Crippen molar-refractivity contribution >= 4 is 17.6 Å². The first-order chi connectivity index (χ1) is 16.9. The highest BCUT2D eigenvalue weighted by Gasteiger charge is 2.45. The van der Waals surface area contributed by atoms with Gasteiger partial charge in [0.05, 0.1) is 7.11 Å². The van der Waals surface area contributed by atoms with Crippen LogP contribution < -0.4 is 15.5 Å².